The van der Waals surface area contributed by atoms with E-state index in [1.54, 1.807) is 31.6 Å². The molecule has 0 aliphatic heterocycles. The summed E-state index contributed by atoms with van der Waals surface area (Å²) < 4.78 is 15.8. The number of aromatic nitrogens is 1. The van der Waals surface area contributed by atoms with Gasteiger partial charge in [-0.1, -0.05) is 31.2 Å². The molecule has 0 radical (unpaired) electrons. The van der Waals surface area contributed by atoms with Crippen LogP contribution in [0.15, 0.2) is 47.8 Å². The fourth-order valence-electron chi connectivity index (χ4n) is 3.70. The van der Waals surface area contributed by atoms with Crippen molar-refractivity contribution < 1.29 is 23.8 Å². The molecule has 0 atom stereocenters. The number of rotatable bonds is 13. The maximum Gasteiger partial charge on any atom is 0.322 e. The standard InChI is InChI=1S/C27H34N4O5S/c1-5-20-8-6-7-9-21(20)30-27(33)31(14-15-34-2)17-25-29-22(18-37-25)26(32)28-13-12-19-10-11-23(35-3)24(16-19)36-4/h6-11,16,18H,5,12-15,17H2,1-4H3,(H,28,32)(H,30,33). The zero-order valence-electron chi connectivity index (χ0n) is 21.7. The van der Waals surface area contributed by atoms with Crippen LogP contribution in [0.2, 0.25) is 0 Å². The summed E-state index contributed by atoms with van der Waals surface area (Å²) in [5, 5.41) is 8.27. The Morgan fingerprint density at radius 2 is 1.84 bits per heavy atom. The number of carbonyl (C=O) groups excluding carboxylic acids is 2. The number of thiazole rings is 1. The Morgan fingerprint density at radius 3 is 2.57 bits per heavy atom. The Hall–Kier alpha value is -3.63. The molecule has 0 spiro atoms. The normalized spacial score (nSPS) is 10.6. The Morgan fingerprint density at radius 1 is 1.05 bits per heavy atom. The highest BCUT2D eigenvalue weighted by atomic mass is 32.1. The molecule has 0 saturated carbocycles. The van der Waals surface area contributed by atoms with E-state index < -0.39 is 0 Å². The van der Waals surface area contributed by atoms with Crippen LogP contribution >= 0.6 is 11.3 Å². The van der Waals surface area contributed by atoms with E-state index in [1.165, 1.54) is 11.3 Å². The fraction of sp³-hybridized carbons (Fsp3) is 0.370. The minimum absolute atomic E-state index is 0.242. The first-order chi connectivity index (χ1) is 18.0. The molecule has 10 heteroatoms. The third-order valence-electron chi connectivity index (χ3n) is 5.75. The monoisotopic (exact) mass is 526 g/mol. The number of ether oxygens (including phenoxy) is 3. The number of amides is 3. The van der Waals surface area contributed by atoms with Crippen molar-refractivity contribution >= 4 is 29.0 Å². The average Bonchev–Trinajstić information content (AvgIpc) is 3.39. The second-order valence-corrected chi connectivity index (χ2v) is 9.12. The van der Waals surface area contributed by atoms with Crippen LogP contribution in [0, 0.1) is 0 Å². The number of methoxy groups -OCH3 is 3. The lowest BCUT2D eigenvalue weighted by Crippen LogP contribution is -2.37. The molecule has 0 aliphatic rings. The fourth-order valence-corrected chi connectivity index (χ4v) is 4.49. The van der Waals surface area contributed by atoms with Gasteiger partial charge in [0.2, 0.25) is 0 Å². The Labute approximate surface area is 221 Å². The molecular weight excluding hydrogens is 492 g/mol. The van der Waals surface area contributed by atoms with Crippen LogP contribution in [0.1, 0.15) is 33.5 Å². The quantitative estimate of drug-likeness (QED) is 0.343. The highest BCUT2D eigenvalue weighted by molar-refractivity contribution is 7.09. The van der Waals surface area contributed by atoms with E-state index in [9.17, 15) is 9.59 Å². The summed E-state index contributed by atoms with van der Waals surface area (Å²) in [7, 11) is 4.78. The third-order valence-corrected chi connectivity index (χ3v) is 6.58. The van der Waals surface area contributed by atoms with Gasteiger partial charge in [-0.05, 0) is 42.2 Å². The van der Waals surface area contributed by atoms with E-state index in [-0.39, 0.29) is 18.5 Å². The van der Waals surface area contributed by atoms with Crippen LogP contribution in [-0.2, 0) is 24.1 Å². The maximum atomic E-state index is 13.0. The summed E-state index contributed by atoms with van der Waals surface area (Å²) >= 11 is 1.35. The van der Waals surface area contributed by atoms with E-state index in [1.807, 2.05) is 49.4 Å². The summed E-state index contributed by atoms with van der Waals surface area (Å²) in [5.74, 6) is 1.05. The largest absolute Gasteiger partial charge is 0.493 e. The first-order valence-corrected chi connectivity index (χ1v) is 12.9. The van der Waals surface area contributed by atoms with Crippen molar-refractivity contribution in [2.24, 2.45) is 0 Å². The molecule has 0 fully saturated rings. The van der Waals surface area contributed by atoms with Gasteiger partial charge in [0.05, 0.1) is 27.4 Å². The zero-order chi connectivity index (χ0) is 26.6. The molecule has 3 aromatic rings. The van der Waals surface area contributed by atoms with Crippen LogP contribution in [0.5, 0.6) is 11.5 Å². The second kappa shape index (κ2) is 14.2. The summed E-state index contributed by atoms with van der Waals surface area (Å²) in [4.78, 5) is 31.8. The van der Waals surface area contributed by atoms with Gasteiger partial charge < -0.3 is 29.7 Å². The van der Waals surface area contributed by atoms with Gasteiger partial charge in [0.1, 0.15) is 10.7 Å². The highest BCUT2D eigenvalue weighted by Crippen LogP contribution is 2.27. The number of urea groups is 1. The van der Waals surface area contributed by atoms with Crippen molar-refractivity contribution in [2.75, 3.05) is 46.3 Å². The molecule has 198 valence electrons. The van der Waals surface area contributed by atoms with Gasteiger partial charge in [-0.25, -0.2) is 9.78 Å². The van der Waals surface area contributed by atoms with Crippen molar-refractivity contribution in [3.63, 3.8) is 0 Å². The molecule has 9 nitrogen and oxygen atoms in total. The Balaban J connectivity index is 1.58. The van der Waals surface area contributed by atoms with Crippen molar-refractivity contribution in [1.82, 2.24) is 15.2 Å². The number of hydrogen-bond acceptors (Lipinski definition) is 7. The first-order valence-electron chi connectivity index (χ1n) is 12.0. The molecule has 2 aromatic carbocycles. The van der Waals surface area contributed by atoms with E-state index >= 15 is 0 Å². The molecule has 1 aromatic heterocycles. The Bertz CT molecular complexity index is 1180. The highest BCUT2D eigenvalue weighted by Gasteiger charge is 2.18. The Kier molecular flexibility index (Phi) is 10.7. The molecular formula is C27H34N4O5S. The lowest BCUT2D eigenvalue weighted by Gasteiger charge is -2.22. The molecule has 0 bridgehead atoms. The van der Waals surface area contributed by atoms with Crippen LogP contribution < -0.4 is 20.1 Å². The molecule has 2 N–H and O–H groups in total. The number of anilines is 1. The van der Waals surface area contributed by atoms with Gasteiger partial charge in [0.25, 0.3) is 5.91 Å². The van der Waals surface area contributed by atoms with Crippen LogP contribution in [0.25, 0.3) is 0 Å². The van der Waals surface area contributed by atoms with Crippen molar-refractivity contribution in [2.45, 2.75) is 26.3 Å². The van der Waals surface area contributed by atoms with Crippen LogP contribution in [-0.4, -0.2) is 62.8 Å². The van der Waals surface area contributed by atoms with Gasteiger partial charge in [-0.2, -0.15) is 0 Å². The second-order valence-electron chi connectivity index (χ2n) is 8.18. The predicted molar refractivity (Wildman–Crippen MR) is 145 cm³/mol. The van der Waals surface area contributed by atoms with Gasteiger partial charge in [-0.15, -0.1) is 11.3 Å². The molecule has 37 heavy (non-hydrogen) atoms. The maximum absolute atomic E-state index is 13.0. The number of para-hydroxylation sites is 1. The van der Waals surface area contributed by atoms with Crippen LogP contribution in [0.4, 0.5) is 10.5 Å². The zero-order valence-corrected chi connectivity index (χ0v) is 22.5. The van der Waals surface area contributed by atoms with E-state index in [0.717, 1.165) is 23.2 Å². The van der Waals surface area contributed by atoms with Gasteiger partial charge in [-0.3, -0.25) is 4.79 Å². The predicted octanol–water partition coefficient (Wildman–Crippen LogP) is 4.38. The number of benzene rings is 2. The SMILES string of the molecule is CCc1ccccc1NC(=O)N(CCOC)Cc1nc(C(=O)NCCc2ccc(OC)c(OC)c2)cs1. The smallest absolute Gasteiger partial charge is 0.322 e. The summed E-state index contributed by atoms with van der Waals surface area (Å²) in [6.07, 6.45) is 1.44. The number of nitrogens with one attached hydrogen (secondary N) is 2. The molecule has 3 rings (SSSR count). The molecule has 0 unspecified atom stereocenters. The molecule has 3 amide bonds. The minimum Gasteiger partial charge on any atom is -0.493 e. The van der Waals surface area contributed by atoms with E-state index in [2.05, 4.69) is 15.6 Å². The first kappa shape index (κ1) is 27.9. The molecule has 1 heterocycles. The lowest BCUT2D eigenvalue weighted by atomic mass is 10.1. The third kappa shape index (κ3) is 7.93. The topological polar surface area (TPSA) is 102 Å². The van der Waals surface area contributed by atoms with Crippen molar-refractivity contribution in [3.05, 3.63) is 69.7 Å². The lowest BCUT2D eigenvalue weighted by molar-refractivity contribution is 0.0949. The summed E-state index contributed by atoms with van der Waals surface area (Å²) in [6, 6.07) is 13.2. The summed E-state index contributed by atoms with van der Waals surface area (Å²) in [6.45, 7) is 3.54. The van der Waals surface area contributed by atoms with E-state index in [0.29, 0.717) is 48.3 Å². The number of nitrogens with zero attached hydrogens (tertiary/aromatic N) is 2. The summed E-state index contributed by atoms with van der Waals surface area (Å²) in [5.41, 5.74) is 3.19. The van der Waals surface area contributed by atoms with Crippen molar-refractivity contribution in [1.29, 1.82) is 0 Å². The van der Waals surface area contributed by atoms with Crippen molar-refractivity contribution in [3.8, 4) is 11.5 Å². The molecule has 0 aliphatic carbocycles. The number of hydrogen-bond donors (Lipinski definition) is 2. The number of aryl methyl sites for hydroxylation is 1. The van der Waals surface area contributed by atoms with Gasteiger partial charge in [0, 0.05) is 31.3 Å². The van der Waals surface area contributed by atoms with Crippen LogP contribution in [0.3, 0.4) is 0 Å². The molecule has 0 saturated heterocycles. The average molecular weight is 527 g/mol. The van der Waals surface area contributed by atoms with Gasteiger partial charge >= 0.3 is 6.03 Å². The minimum atomic E-state index is -0.257. The number of carbonyl (C=O) groups is 2. The van der Waals surface area contributed by atoms with Gasteiger partial charge in [0.15, 0.2) is 11.5 Å². The van der Waals surface area contributed by atoms with E-state index in [4.69, 9.17) is 14.2 Å².